The minimum atomic E-state index is -4.45. The van der Waals surface area contributed by atoms with Crippen molar-refractivity contribution in [3.05, 3.63) is 34.2 Å². The van der Waals surface area contributed by atoms with E-state index >= 15 is 0 Å². The van der Waals surface area contributed by atoms with Crippen LogP contribution in [0.15, 0.2) is 18.6 Å². The van der Waals surface area contributed by atoms with Gasteiger partial charge >= 0.3 is 6.18 Å². The van der Waals surface area contributed by atoms with E-state index in [2.05, 4.69) is 25.2 Å². The molecule has 0 bridgehead atoms. The van der Waals surface area contributed by atoms with E-state index in [9.17, 15) is 13.2 Å². The molecular weight excluding hydrogens is 339 g/mol. The highest BCUT2D eigenvalue weighted by molar-refractivity contribution is 7.11. The van der Waals surface area contributed by atoms with Gasteiger partial charge in [-0.1, -0.05) is 0 Å². The first-order valence-electron chi connectivity index (χ1n) is 7.69. The minimum absolute atomic E-state index is 0.125. The number of alkyl halides is 3. The number of aromatic nitrogens is 3. The first-order valence-corrected chi connectivity index (χ1v) is 8.51. The van der Waals surface area contributed by atoms with Crippen molar-refractivity contribution in [1.29, 1.82) is 0 Å². The maximum atomic E-state index is 12.7. The molecule has 3 rings (SSSR count). The smallest absolute Gasteiger partial charge is 0.367 e. The molecule has 0 amide bonds. The first-order chi connectivity index (χ1) is 11.4. The fourth-order valence-electron chi connectivity index (χ4n) is 2.73. The van der Waals surface area contributed by atoms with Crippen molar-refractivity contribution in [3.63, 3.8) is 0 Å². The molecule has 9 heteroatoms. The van der Waals surface area contributed by atoms with Crippen LogP contribution in [0.3, 0.4) is 0 Å². The van der Waals surface area contributed by atoms with Crippen LogP contribution in [0.5, 0.6) is 0 Å². The van der Waals surface area contributed by atoms with E-state index in [1.165, 1.54) is 4.88 Å². The van der Waals surface area contributed by atoms with E-state index in [4.69, 9.17) is 0 Å². The summed E-state index contributed by atoms with van der Waals surface area (Å²) in [5.41, 5.74) is -0.919. The highest BCUT2D eigenvalue weighted by atomic mass is 32.1. The lowest BCUT2D eigenvalue weighted by Gasteiger charge is -2.32. The molecule has 0 spiro atoms. The predicted molar refractivity (Wildman–Crippen MR) is 85.8 cm³/mol. The van der Waals surface area contributed by atoms with E-state index < -0.39 is 11.9 Å². The number of anilines is 1. The zero-order chi connectivity index (χ0) is 17.2. The Labute approximate surface area is 142 Å². The van der Waals surface area contributed by atoms with Crippen molar-refractivity contribution >= 4 is 17.2 Å². The standard InChI is InChI=1S/C15H18F3N5S/c1-10-19-7-12(24-10)8-23-4-2-11(3-5-23)22-14-6-13(15(16,17)18)20-9-21-14/h6-7,9,11H,2-5,8H2,1H3,(H,20,21,22). The molecule has 1 saturated heterocycles. The number of hydrogen-bond acceptors (Lipinski definition) is 6. The number of rotatable bonds is 4. The van der Waals surface area contributed by atoms with Gasteiger partial charge in [-0.3, -0.25) is 4.90 Å². The predicted octanol–water partition coefficient (Wildman–Crippen LogP) is 3.34. The second-order valence-corrected chi connectivity index (χ2v) is 7.15. The summed E-state index contributed by atoms with van der Waals surface area (Å²) in [5.74, 6) is 0.230. The quantitative estimate of drug-likeness (QED) is 0.910. The number of likely N-dealkylation sites (tertiary alicyclic amines) is 1. The Morgan fingerprint density at radius 2 is 2.00 bits per heavy atom. The van der Waals surface area contributed by atoms with Gasteiger partial charge < -0.3 is 5.32 Å². The Kier molecular flexibility index (Phi) is 5.00. The third-order valence-corrected chi connectivity index (χ3v) is 4.84. The lowest BCUT2D eigenvalue weighted by molar-refractivity contribution is -0.141. The van der Waals surface area contributed by atoms with Crippen LogP contribution in [-0.4, -0.2) is 39.0 Å². The van der Waals surface area contributed by atoms with E-state index in [1.54, 1.807) is 11.3 Å². The molecule has 0 atom stereocenters. The second-order valence-electron chi connectivity index (χ2n) is 5.83. The number of thiazole rings is 1. The molecule has 1 fully saturated rings. The molecule has 24 heavy (non-hydrogen) atoms. The van der Waals surface area contributed by atoms with Crippen LogP contribution in [0.4, 0.5) is 19.0 Å². The normalized spacial score (nSPS) is 17.2. The highest BCUT2D eigenvalue weighted by Crippen LogP contribution is 2.28. The van der Waals surface area contributed by atoms with Gasteiger partial charge in [-0.25, -0.2) is 15.0 Å². The van der Waals surface area contributed by atoms with Crippen molar-refractivity contribution in [2.45, 2.75) is 38.5 Å². The van der Waals surface area contributed by atoms with E-state index in [0.717, 1.165) is 49.9 Å². The molecule has 0 aromatic carbocycles. The number of hydrogen-bond donors (Lipinski definition) is 1. The van der Waals surface area contributed by atoms with Crippen molar-refractivity contribution < 1.29 is 13.2 Å². The van der Waals surface area contributed by atoms with Crippen molar-refractivity contribution in [2.75, 3.05) is 18.4 Å². The topological polar surface area (TPSA) is 53.9 Å². The van der Waals surface area contributed by atoms with Gasteiger partial charge in [0.15, 0.2) is 0 Å². The van der Waals surface area contributed by atoms with Crippen LogP contribution in [-0.2, 0) is 12.7 Å². The summed E-state index contributed by atoms with van der Waals surface area (Å²) in [5, 5.41) is 4.16. The van der Waals surface area contributed by atoms with Crippen LogP contribution >= 0.6 is 11.3 Å². The first kappa shape index (κ1) is 17.1. The van der Waals surface area contributed by atoms with Crippen molar-refractivity contribution in [2.24, 2.45) is 0 Å². The Balaban J connectivity index is 1.52. The summed E-state index contributed by atoms with van der Waals surface area (Å²) in [4.78, 5) is 15.0. The van der Waals surface area contributed by atoms with Crippen LogP contribution in [0.2, 0.25) is 0 Å². The van der Waals surface area contributed by atoms with Crippen molar-refractivity contribution in [3.8, 4) is 0 Å². The van der Waals surface area contributed by atoms with Gasteiger partial charge in [0, 0.05) is 42.8 Å². The average Bonchev–Trinajstić information content (AvgIpc) is 2.94. The maximum absolute atomic E-state index is 12.7. The molecule has 0 aliphatic carbocycles. The highest BCUT2D eigenvalue weighted by Gasteiger charge is 2.33. The third kappa shape index (κ3) is 4.41. The molecule has 2 aromatic rings. The van der Waals surface area contributed by atoms with Gasteiger partial charge in [-0.15, -0.1) is 11.3 Å². The minimum Gasteiger partial charge on any atom is -0.367 e. The zero-order valence-corrected chi connectivity index (χ0v) is 14.0. The summed E-state index contributed by atoms with van der Waals surface area (Å²) in [6.45, 7) is 4.66. The molecule has 1 N–H and O–H groups in total. The Morgan fingerprint density at radius 3 is 2.62 bits per heavy atom. The number of halogens is 3. The zero-order valence-electron chi connectivity index (χ0n) is 13.2. The van der Waals surface area contributed by atoms with E-state index in [-0.39, 0.29) is 11.9 Å². The Bertz CT molecular complexity index is 680. The fraction of sp³-hybridized carbons (Fsp3) is 0.533. The van der Waals surface area contributed by atoms with Gasteiger partial charge in [-0.05, 0) is 19.8 Å². The van der Waals surface area contributed by atoms with E-state index in [1.807, 2.05) is 13.1 Å². The Hall–Kier alpha value is -1.74. The van der Waals surface area contributed by atoms with Gasteiger partial charge in [0.2, 0.25) is 0 Å². The van der Waals surface area contributed by atoms with Gasteiger partial charge in [0.25, 0.3) is 0 Å². The van der Waals surface area contributed by atoms with Crippen LogP contribution in [0, 0.1) is 6.92 Å². The van der Waals surface area contributed by atoms with Crippen molar-refractivity contribution in [1.82, 2.24) is 19.9 Å². The third-order valence-electron chi connectivity index (χ3n) is 3.95. The number of piperidine rings is 1. The SMILES string of the molecule is Cc1ncc(CN2CCC(Nc3cc(C(F)(F)F)ncn3)CC2)s1. The molecule has 0 saturated carbocycles. The molecule has 5 nitrogen and oxygen atoms in total. The molecule has 0 radical (unpaired) electrons. The summed E-state index contributed by atoms with van der Waals surface area (Å²) < 4.78 is 38.0. The van der Waals surface area contributed by atoms with E-state index in [0.29, 0.717) is 0 Å². The fourth-order valence-corrected chi connectivity index (χ4v) is 3.57. The van der Waals surface area contributed by atoms with Gasteiger partial charge in [0.1, 0.15) is 17.8 Å². The molecule has 0 unspecified atom stereocenters. The summed E-state index contributed by atoms with van der Waals surface area (Å²) in [6.07, 6.45) is 0.137. The molecule has 1 aliphatic rings. The number of nitrogens with zero attached hydrogens (tertiary/aromatic N) is 4. The summed E-state index contributed by atoms with van der Waals surface area (Å²) in [6, 6.07) is 1.09. The molecule has 2 aromatic heterocycles. The summed E-state index contributed by atoms with van der Waals surface area (Å²) in [7, 11) is 0. The molecule has 3 heterocycles. The lowest BCUT2D eigenvalue weighted by atomic mass is 10.1. The number of nitrogens with one attached hydrogen (secondary N) is 1. The molecule has 1 aliphatic heterocycles. The molecule has 130 valence electrons. The van der Waals surface area contributed by atoms with Crippen LogP contribution < -0.4 is 5.32 Å². The molecular formula is C15H18F3N5S. The van der Waals surface area contributed by atoms with Gasteiger partial charge in [0.05, 0.1) is 5.01 Å². The lowest BCUT2D eigenvalue weighted by Crippen LogP contribution is -2.38. The van der Waals surface area contributed by atoms with Gasteiger partial charge in [-0.2, -0.15) is 13.2 Å². The average molecular weight is 357 g/mol. The monoisotopic (exact) mass is 357 g/mol. The Morgan fingerprint density at radius 1 is 1.25 bits per heavy atom. The summed E-state index contributed by atoms with van der Waals surface area (Å²) >= 11 is 1.70. The largest absolute Gasteiger partial charge is 0.433 e. The van der Waals surface area contributed by atoms with Crippen LogP contribution in [0.25, 0.3) is 0 Å². The number of aryl methyl sites for hydroxylation is 1. The maximum Gasteiger partial charge on any atom is 0.433 e. The van der Waals surface area contributed by atoms with Crippen LogP contribution in [0.1, 0.15) is 28.4 Å². The second kappa shape index (κ2) is 7.02.